The smallest absolute Gasteiger partial charge is 0.202 e. The number of aryl methyl sites for hydroxylation is 1. The Morgan fingerprint density at radius 1 is 1.71 bits per heavy atom. The van der Waals surface area contributed by atoms with Gasteiger partial charge in [0.25, 0.3) is 0 Å². The molecule has 0 aliphatic carbocycles. The lowest BCUT2D eigenvalue weighted by Crippen LogP contribution is -2.21. The van der Waals surface area contributed by atoms with E-state index < -0.39 is 0 Å². The molecule has 0 spiro atoms. The normalized spacial score (nSPS) is 9.88. The van der Waals surface area contributed by atoms with Crippen molar-refractivity contribution in [2.75, 3.05) is 11.1 Å². The van der Waals surface area contributed by atoms with Crippen molar-refractivity contribution in [1.29, 1.82) is 5.26 Å². The first-order valence-electron chi connectivity index (χ1n) is 4.73. The molecule has 0 atom stereocenters. The standard InChI is InChI=1S/C10H9N5OS/c1-6-7(5-11)9(12)15(14-6)10(17)13-8-3-2-4-16-8/h2-4H,12H2,1H3,(H,13,17). The van der Waals surface area contributed by atoms with Crippen molar-refractivity contribution in [3.05, 3.63) is 29.7 Å². The molecule has 0 saturated carbocycles. The number of furan rings is 1. The average Bonchev–Trinajstić information content (AvgIpc) is 2.87. The molecule has 0 fully saturated rings. The van der Waals surface area contributed by atoms with Crippen LogP contribution in [0.25, 0.3) is 0 Å². The van der Waals surface area contributed by atoms with Gasteiger partial charge in [-0.05, 0) is 25.2 Å². The Kier molecular flexibility index (Phi) is 2.80. The maximum atomic E-state index is 8.89. The van der Waals surface area contributed by atoms with E-state index in [1.54, 1.807) is 19.1 Å². The number of nitrogens with zero attached hydrogens (tertiary/aromatic N) is 3. The Bertz CT molecular complexity index is 593. The molecule has 6 nitrogen and oxygen atoms in total. The fourth-order valence-electron chi connectivity index (χ4n) is 1.35. The Labute approximate surface area is 103 Å². The topological polar surface area (TPSA) is 92.8 Å². The molecule has 0 radical (unpaired) electrons. The SMILES string of the molecule is Cc1nn(C(=S)Nc2ccco2)c(N)c1C#N. The van der Waals surface area contributed by atoms with Gasteiger partial charge in [-0.1, -0.05) is 0 Å². The van der Waals surface area contributed by atoms with Gasteiger partial charge in [0.15, 0.2) is 5.88 Å². The summed E-state index contributed by atoms with van der Waals surface area (Å²) in [5, 5.41) is 16.0. The molecule has 2 aromatic heterocycles. The number of nitrogen functional groups attached to an aromatic ring is 1. The number of nitrogens with one attached hydrogen (secondary N) is 1. The summed E-state index contributed by atoms with van der Waals surface area (Å²) in [5.41, 5.74) is 6.63. The molecule has 86 valence electrons. The quantitative estimate of drug-likeness (QED) is 0.741. The summed E-state index contributed by atoms with van der Waals surface area (Å²) in [6, 6.07) is 5.42. The minimum Gasteiger partial charge on any atom is -0.449 e. The van der Waals surface area contributed by atoms with Crippen LogP contribution in [0, 0.1) is 18.3 Å². The minimum absolute atomic E-state index is 0.217. The molecule has 0 aliphatic heterocycles. The predicted octanol–water partition coefficient (Wildman–Crippen LogP) is 1.48. The monoisotopic (exact) mass is 247 g/mol. The van der Waals surface area contributed by atoms with E-state index in [9.17, 15) is 0 Å². The van der Waals surface area contributed by atoms with Crippen LogP contribution in [0.4, 0.5) is 11.7 Å². The van der Waals surface area contributed by atoms with E-state index >= 15 is 0 Å². The molecule has 7 heteroatoms. The number of anilines is 2. The third-order valence-electron chi connectivity index (χ3n) is 2.15. The molecule has 0 saturated heterocycles. The highest BCUT2D eigenvalue weighted by atomic mass is 32.1. The third-order valence-corrected chi connectivity index (χ3v) is 2.43. The first-order chi connectivity index (χ1) is 8.13. The van der Waals surface area contributed by atoms with Crippen LogP contribution < -0.4 is 11.1 Å². The molecule has 0 aromatic carbocycles. The van der Waals surface area contributed by atoms with Crippen LogP contribution in [0.3, 0.4) is 0 Å². The van der Waals surface area contributed by atoms with Gasteiger partial charge in [-0.25, -0.2) is 0 Å². The number of hydrogen-bond acceptors (Lipinski definition) is 5. The molecule has 0 bridgehead atoms. The summed E-state index contributed by atoms with van der Waals surface area (Å²) in [6.07, 6.45) is 1.52. The predicted molar refractivity (Wildman–Crippen MR) is 66.4 cm³/mol. The molecule has 2 rings (SSSR count). The van der Waals surface area contributed by atoms with E-state index in [1.165, 1.54) is 10.9 Å². The highest BCUT2D eigenvalue weighted by Gasteiger charge is 2.15. The zero-order valence-electron chi connectivity index (χ0n) is 8.97. The number of aromatic nitrogens is 2. The highest BCUT2D eigenvalue weighted by molar-refractivity contribution is 7.80. The van der Waals surface area contributed by atoms with Crippen LogP contribution in [-0.2, 0) is 0 Å². The van der Waals surface area contributed by atoms with Gasteiger partial charge in [0.1, 0.15) is 17.5 Å². The zero-order chi connectivity index (χ0) is 12.4. The van der Waals surface area contributed by atoms with Crippen molar-refractivity contribution >= 4 is 29.0 Å². The van der Waals surface area contributed by atoms with Gasteiger partial charge >= 0.3 is 0 Å². The largest absolute Gasteiger partial charge is 0.449 e. The number of thiocarbonyl (C=S) groups is 1. The molecular formula is C10H9N5OS. The van der Waals surface area contributed by atoms with Gasteiger partial charge < -0.3 is 15.5 Å². The Balaban J connectivity index is 2.29. The lowest BCUT2D eigenvalue weighted by molar-refractivity contribution is 0.586. The van der Waals surface area contributed by atoms with Crippen LogP contribution in [0.5, 0.6) is 0 Å². The summed E-state index contributed by atoms with van der Waals surface area (Å²) in [7, 11) is 0. The van der Waals surface area contributed by atoms with E-state index in [0.717, 1.165) is 0 Å². The minimum atomic E-state index is 0.217. The summed E-state index contributed by atoms with van der Waals surface area (Å²) in [6.45, 7) is 1.70. The van der Waals surface area contributed by atoms with E-state index in [-0.39, 0.29) is 10.9 Å². The maximum absolute atomic E-state index is 8.89. The number of nitriles is 1. The molecule has 17 heavy (non-hydrogen) atoms. The van der Waals surface area contributed by atoms with Crippen molar-refractivity contribution in [2.24, 2.45) is 0 Å². The second kappa shape index (κ2) is 4.27. The molecule has 0 unspecified atom stereocenters. The molecule has 3 N–H and O–H groups in total. The van der Waals surface area contributed by atoms with Gasteiger partial charge in [-0.15, -0.1) is 0 Å². The van der Waals surface area contributed by atoms with Crippen LogP contribution in [0.15, 0.2) is 22.8 Å². The van der Waals surface area contributed by atoms with Crippen molar-refractivity contribution in [2.45, 2.75) is 6.92 Å². The van der Waals surface area contributed by atoms with E-state index in [4.69, 9.17) is 27.6 Å². The van der Waals surface area contributed by atoms with Crippen molar-refractivity contribution in [3.63, 3.8) is 0 Å². The Hall–Kier alpha value is -2.33. The van der Waals surface area contributed by atoms with Gasteiger partial charge in [0.2, 0.25) is 5.11 Å². The molecule has 2 heterocycles. The van der Waals surface area contributed by atoms with Crippen molar-refractivity contribution < 1.29 is 4.42 Å². The zero-order valence-corrected chi connectivity index (χ0v) is 9.78. The van der Waals surface area contributed by atoms with E-state index in [1.807, 2.05) is 6.07 Å². The van der Waals surface area contributed by atoms with Gasteiger partial charge in [-0.3, -0.25) is 0 Å². The Morgan fingerprint density at radius 2 is 2.47 bits per heavy atom. The first-order valence-corrected chi connectivity index (χ1v) is 5.14. The Morgan fingerprint density at radius 3 is 3.00 bits per heavy atom. The number of rotatable bonds is 1. The first kappa shape index (κ1) is 11.2. The second-order valence-corrected chi connectivity index (χ2v) is 3.66. The summed E-state index contributed by atoms with van der Waals surface area (Å²) in [4.78, 5) is 0. The third kappa shape index (κ3) is 1.98. The van der Waals surface area contributed by atoms with Gasteiger partial charge in [0.05, 0.1) is 12.0 Å². The average molecular weight is 247 g/mol. The summed E-state index contributed by atoms with van der Waals surface area (Å²) >= 11 is 5.12. The van der Waals surface area contributed by atoms with E-state index in [2.05, 4.69) is 10.4 Å². The molecule has 2 aromatic rings. The van der Waals surface area contributed by atoms with Crippen LogP contribution in [0.1, 0.15) is 11.3 Å². The fourth-order valence-corrected chi connectivity index (χ4v) is 1.59. The lowest BCUT2D eigenvalue weighted by atomic mass is 10.3. The second-order valence-electron chi connectivity index (χ2n) is 3.28. The molecule has 0 amide bonds. The number of nitrogens with two attached hydrogens (primary N) is 1. The molecule has 0 aliphatic rings. The fraction of sp³-hybridized carbons (Fsp3) is 0.100. The van der Waals surface area contributed by atoms with Gasteiger partial charge in [-0.2, -0.15) is 15.0 Å². The van der Waals surface area contributed by atoms with Crippen LogP contribution in [0.2, 0.25) is 0 Å². The van der Waals surface area contributed by atoms with Gasteiger partial charge in [0, 0.05) is 6.07 Å². The van der Waals surface area contributed by atoms with Crippen molar-refractivity contribution in [3.8, 4) is 6.07 Å². The summed E-state index contributed by atoms with van der Waals surface area (Å²) < 4.78 is 6.38. The lowest BCUT2D eigenvalue weighted by Gasteiger charge is -2.05. The highest BCUT2D eigenvalue weighted by Crippen LogP contribution is 2.16. The molecular weight excluding hydrogens is 238 g/mol. The van der Waals surface area contributed by atoms with Crippen LogP contribution >= 0.6 is 12.2 Å². The van der Waals surface area contributed by atoms with Crippen molar-refractivity contribution in [1.82, 2.24) is 9.78 Å². The summed E-state index contributed by atoms with van der Waals surface area (Å²) in [5.74, 6) is 0.704. The van der Waals surface area contributed by atoms with E-state index in [0.29, 0.717) is 17.1 Å². The maximum Gasteiger partial charge on any atom is 0.202 e. The van der Waals surface area contributed by atoms with Crippen LogP contribution in [-0.4, -0.2) is 14.9 Å². The number of hydrogen-bond donors (Lipinski definition) is 2.